The molecule has 2 N–H and O–H groups in total. The summed E-state index contributed by atoms with van der Waals surface area (Å²) >= 11 is 6.37. The topological polar surface area (TPSA) is 50.4 Å². The van der Waals surface area contributed by atoms with Gasteiger partial charge in [-0.15, -0.1) is 0 Å². The van der Waals surface area contributed by atoms with Gasteiger partial charge in [-0.25, -0.2) is 0 Å². The Morgan fingerprint density at radius 2 is 2.24 bits per heavy atom. The minimum absolute atomic E-state index is 0.0337. The van der Waals surface area contributed by atoms with Gasteiger partial charge in [0, 0.05) is 29.7 Å². The van der Waals surface area contributed by atoms with Crippen molar-refractivity contribution in [3.8, 4) is 0 Å². The molecule has 0 aromatic heterocycles. The molecule has 1 saturated carbocycles. The maximum Gasteiger partial charge on any atom is 0.228 e. The fourth-order valence-electron chi connectivity index (χ4n) is 4.14. The highest BCUT2D eigenvalue weighted by molar-refractivity contribution is 6.33. The number of halogens is 1. The molecule has 1 aromatic carbocycles. The van der Waals surface area contributed by atoms with Gasteiger partial charge in [-0.05, 0) is 24.1 Å². The summed E-state index contributed by atoms with van der Waals surface area (Å²) in [5.41, 5.74) is 2.89. The third-order valence-corrected chi connectivity index (χ3v) is 5.54. The van der Waals surface area contributed by atoms with Crippen LogP contribution < -0.4 is 10.6 Å². The van der Waals surface area contributed by atoms with Crippen molar-refractivity contribution < 1.29 is 9.53 Å². The third-order valence-electron chi connectivity index (χ3n) is 5.23. The first-order valence-corrected chi connectivity index (χ1v) is 7.85. The summed E-state index contributed by atoms with van der Waals surface area (Å²) in [4.78, 5) is 11.5. The molecule has 3 atom stereocenters. The number of amides is 1. The van der Waals surface area contributed by atoms with Gasteiger partial charge in [0.2, 0.25) is 5.91 Å². The first-order chi connectivity index (χ1) is 9.96. The molecule has 0 radical (unpaired) electrons. The Hall–Kier alpha value is -1.26. The number of benzene rings is 1. The van der Waals surface area contributed by atoms with Gasteiger partial charge in [-0.3, -0.25) is 4.79 Å². The minimum Gasteiger partial charge on any atom is -0.380 e. The van der Waals surface area contributed by atoms with Crippen molar-refractivity contribution >= 4 is 28.9 Å². The van der Waals surface area contributed by atoms with Gasteiger partial charge in [0.1, 0.15) is 0 Å². The van der Waals surface area contributed by atoms with Crippen LogP contribution in [0.25, 0.3) is 0 Å². The van der Waals surface area contributed by atoms with E-state index in [1.807, 2.05) is 12.1 Å². The third kappa shape index (κ3) is 1.89. The zero-order valence-electron chi connectivity index (χ0n) is 12.2. The quantitative estimate of drug-likeness (QED) is 0.883. The fourth-order valence-corrected chi connectivity index (χ4v) is 4.36. The summed E-state index contributed by atoms with van der Waals surface area (Å²) in [7, 11) is 0. The molecule has 112 valence electrons. The highest BCUT2D eigenvalue weighted by atomic mass is 35.5. The molecular formula is C16H19ClN2O2. The van der Waals surface area contributed by atoms with Crippen molar-refractivity contribution in [3.05, 3.63) is 22.7 Å². The van der Waals surface area contributed by atoms with E-state index in [1.165, 1.54) is 0 Å². The second kappa shape index (κ2) is 4.37. The molecule has 1 amide bonds. The number of carbonyl (C=O) groups is 1. The highest BCUT2D eigenvalue weighted by Gasteiger charge is 2.59. The van der Waals surface area contributed by atoms with Crippen molar-refractivity contribution in [3.63, 3.8) is 0 Å². The normalized spacial score (nSPS) is 32.1. The lowest BCUT2D eigenvalue weighted by atomic mass is 9.57. The Labute approximate surface area is 129 Å². The zero-order chi connectivity index (χ0) is 14.8. The van der Waals surface area contributed by atoms with Crippen LogP contribution in [-0.2, 0) is 16.0 Å². The Balaban J connectivity index is 1.61. The largest absolute Gasteiger partial charge is 0.380 e. The van der Waals surface area contributed by atoms with E-state index in [0.29, 0.717) is 29.5 Å². The van der Waals surface area contributed by atoms with Crippen molar-refractivity contribution in [2.45, 2.75) is 38.8 Å². The maximum atomic E-state index is 11.5. The highest BCUT2D eigenvalue weighted by Crippen LogP contribution is 2.53. The Bertz CT molecular complexity index is 629. The average molecular weight is 307 g/mol. The number of carbonyl (C=O) groups excluding carboxylic acids is 1. The van der Waals surface area contributed by atoms with E-state index in [4.69, 9.17) is 16.3 Å². The van der Waals surface area contributed by atoms with Gasteiger partial charge in [0.15, 0.2) is 0 Å². The predicted molar refractivity (Wildman–Crippen MR) is 82.8 cm³/mol. The number of fused-ring (bicyclic) bond motifs is 2. The molecule has 21 heavy (non-hydrogen) atoms. The summed E-state index contributed by atoms with van der Waals surface area (Å²) in [6, 6.07) is 4.22. The molecule has 0 spiro atoms. The van der Waals surface area contributed by atoms with Gasteiger partial charge in [-0.1, -0.05) is 25.4 Å². The van der Waals surface area contributed by atoms with E-state index in [1.54, 1.807) is 0 Å². The molecule has 0 bridgehead atoms. The summed E-state index contributed by atoms with van der Waals surface area (Å²) < 4.78 is 5.83. The number of rotatable bonds is 2. The number of nitrogens with one attached hydrogen (secondary N) is 2. The Morgan fingerprint density at radius 3 is 3.05 bits per heavy atom. The Morgan fingerprint density at radius 1 is 1.43 bits per heavy atom. The molecule has 3 aliphatic rings. The van der Waals surface area contributed by atoms with Crippen LogP contribution in [0.2, 0.25) is 5.02 Å². The van der Waals surface area contributed by atoms with Crippen LogP contribution in [-0.4, -0.2) is 24.7 Å². The molecule has 2 aliphatic heterocycles. The van der Waals surface area contributed by atoms with Gasteiger partial charge in [0.05, 0.1) is 23.2 Å². The molecule has 2 fully saturated rings. The summed E-state index contributed by atoms with van der Waals surface area (Å²) in [5, 5.41) is 7.09. The summed E-state index contributed by atoms with van der Waals surface area (Å²) in [5.74, 6) is 0.593. The molecule has 5 heteroatoms. The van der Waals surface area contributed by atoms with Crippen LogP contribution in [0.4, 0.5) is 11.4 Å². The van der Waals surface area contributed by atoms with Crippen LogP contribution in [0, 0.1) is 11.3 Å². The van der Waals surface area contributed by atoms with E-state index in [2.05, 4.69) is 24.5 Å². The molecule has 2 heterocycles. The maximum absolute atomic E-state index is 11.5. The lowest BCUT2D eigenvalue weighted by molar-refractivity contribution is -0.115. The van der Waals surface area contributed by atoms with Crippen LogP contribution in [0.1, 0.15) is 25.8 Å². The molecule has 4 rings (SSSR count). The number of ether oxygens (including phenoxy) is 1. The number of hydrogen-bond acceptors (Lipinski definition) is 3. The van der Waals surface area contributed by atoms with Crippen molar-refractivity contribution in [1.29, 1.82) is 0 Å². The second-order valence-electron chi connectivity index (χ2n) is 6.90. The zero-order valence-corrected chi connectivity index (χ0v) is 13.0. The molecule has 3 unspecified atom stereocenters. The van der Waals surface area contributed by atoms with Gasteiger partial charge in [0.25, 0.3) is 0 Å². The van der Waals surface area contributed by atoms with E-state index in [-0.39, 0.29) is 11.3 Å². The lowest BCUT2D eigenvalue weighted by Gasteiger charge is -2.55. The Kier molecular flexibility index (Phi) is 2.79. The van der Waals surface area contributed by atoms with E-state index in [0.717, 1.165) is 30.0 Å². The monoisotopic (exact) mass is 306 g/mol. The smallest absolute Gasteiger partial charge is 0.228 e. The molecule has 4 nitrogen and oxygen atoms in total. The molecule has 1 aromatic rings. The van der Waals surface area contributed by atoms with Crippen LogP contribution in [0.3, 0.4) is 0 Å². The predicted octanol–water partition coefficient (Wildman–Crippen LogP) is 3.06. The number of hydrogen-bond donors (Lipinski definition) is 2. The van der Waals surface area contributed by atoms with Crippen LogP contribution >= 0.6 is 11.6 Å². The standard InChI is InChI=1S/C16H19ClN2O2/c1-16(2)14(9-3-4-21-15(9)16)19-12-5-8-6-13(20)18-11(8)7-10(12)17/h5,7,9,14-15,19H,3-4,6H2,1-2H3,(H,18,20). The number of anilines is 2. The lowest BCUT2D eigenvalue weighted by Crippen LogP contribution is -2.63. The van der Waals surface area contributed by atoms with Crippen LogP contribution in [0.5, 0.6) is 0 Å². The summed E-state index contributed by atoms with van der Waals surface area (Å²) in [6.07, 6.45) is 1.89. The fraction of sp³-hybridized carbons (Fsp3) is 0.562. The van der Waals surface area contributed by atoms with Gasteiger partial charge >= 0.3 is 0 Å². The summed E-state index contributed by atoms with van der Waals surface area (Å²) in [6.45, 7) is 5.33. The van der Waals surface area contributed by atoms with Crippen LogP contribution in [0.15, 0.2) is 12.1 Å². The van der Waals surface area contributed by atoms with E-state index in [9.17, 15) is 4.79 Å². The van der Waals surface area contributed by atoms with E-state index < -0.39 is 0 Å². The van der Waals surface area contributed by atoms with Crippen molar-refractivity contribution in [2.75, 3.05) is 17.2 Å². The minimum atomic E-state index is 0.0337. The molecule has 1 aliphatic carbocycles. The molecule has 1 saturated heterocycles. The second-order valence-corrected chi connectivity index (χ2v) is 7.31. The van der Waals surface area contributed by atoms with E-state index >= 15 is 0 Å². The SMILES string of the molecule is CC1(C)C(Nc2cc3c(cc2Cl)NC(=O)C3)C2CCOC21. The first kappa shape index (κ1) is 13.4. The molecular weight excluding hydrogens is 288 g/mol. The van der Waals surface area contributed by atoms with Crippen molar-refractivity contribution in [2.24, 2.45) is 11.3 Å². The van der Waals surface area contributed by atoms with Gasteiger partial charge in [-0.2, -0.15) is 0 Å². The first-order valence-electron chi connectivity index (χ1n) is 7.47. The average Bonchev–Trinajstić information content (AvgIpc) is 2.99. The van der Waals surface area contributed by atoms with Gasteiger partial charge < -0.3 is 15.4 Å². The van der Waals surface area contributed by atoms with Crippen molar-refractivity contribution in [1.82, 2.24) is 0 Å².